The Labute approximate surface area is 261 Å². The average Bonchev–Trinajstić information content (AvgIpc) is 2.95. The molecule has 3 heterocycles. The number of halogens is 3. The SMILES string of the molecule is CC1(C)Cc2nc(C3CCOCC3)c(C(O)c3ccc(C(F)(F)F)cc3)c(C3=CCOCC3)c2[C@@H](O[Si](C)(C)C(C)(C)C)C1. The molecular formula is C35H48F3NO4Si. The standard InChI is InChI=1S/C35H48F3NO4Si/c1-33(2,3)44(6,7)43-27-21-34(4,5)20-26-29(27)28(22-12-16-41-17-13-22)30(31(39-26)23-14-18-42-19-15-23)32(40)24-8-10-25(11-9-24)35(36,37)38/h8-12,23,27,32,40H,13-21H2,1-7H3/t27-,32?/m0/s1. The van der Waals surface area contributed by atoms with Crippen LogP contribution in [-0.2, 0) is 26.5 Å². The number of hydrogen-bond acceptors (Lipinski definition) is 5. The smallest absolute Gasteiger partial charge is 0.410 e. The van der Waals surface area contributed by atoms with Gasteiger partial charge >= 0.3 is 6.18 Å². The fraction of sp³-hybridized carbons (Fsp3) is 0.629. The average molecular weight is 632 g/mol. The summed E-state index contributed by atoms with van der Waals surface area (Å²) in [7, 11) is -2.23. The highest BCUT2D eigenvalue weighted by molar-refractivity contribution is 6.74. The van der Waals surface area contributed by atoms with Gasteiger partial charge in [-0.1, -0.05) is 52.8 Å². The molecule has 1 saturated heterocycles. The zero-order valence-corrected chi connectivity index (χ0v) is 28.2. The largest absolute Gasteiger partial charge is 0.416 e. The van der Waals surface area contributed by atoms with E-state index in [1.807, 2.05) is 0 Å². The van der Waals surface area contributed by atoms with Crippen molar-refractivity contribution in [2.24, 2.45) is 5.41 Å². The van der Waals surface area contributed by atoms with Gasteiger partial charge in [-0.15, -0.1) is 0 Å². The maximum absolute atomic E-state index is 13.5. The first kappa shape index (κ1) is 33.3. The highest BCUT2D eigenvalue weighted by atomic mass is 28.4. The third-order valence-electron chi connectivity index (χ3n) is 10.0. The monoisotopic (exact) mass is 631 g/mol. The maximum atomic E-state index is 13.5. The van der Waals surface area contributed by atoms with E-state index in [0.29, 0.717) is 44.0 Å². The van der Waals surface area contributed by atoms with Crippen LogP contribution in [0.3, 0.4) is 0 Å². The van der Waals surface area contributed by atoms with Gasteiger partial charge in [0.05, 0.1) is 30.6 Å². The van der Waals surface area contributed by atoms with Crippen LogP contribution >= 0.6 is 0 Å². The molecule has 3 aliphatic rings. The summed E-state index contributed by atoms with van der Waals surface area (Å²) in [4.78, 5) is 5.42. The molecule has 0 radical (unpaired) electrons. The lowest BCUT2D eigenvalue weighted by atomic mass is 9.70. The highest BCUT2D eigenvalue weighted by Gasteiger charge is 2.45. The Bertz CT molecular complexity index is 1370. The Morgan fingerprint density at radius 3 is 2.25 bits per heavy atom. The zero-order valence-electron chi connectivity index (χ0n) is 27.2. The molecule has 0 bridgehead atoms. The van der Waals surface area contributed by atoms with Gasteiger partial charge in [0.25, 0.3) is 0 Å². The minimum Gasteiger partial charge on any atom is -0.410 e. The van der Waals surface area contributed by atoms with Crippen LogP contribution in [0.2, 0.25) is 18.1 Å². The molecule has 1 aromatic carbocycles. The van der Waals surface area contributed by atoms with Gasteiger partial charge in [-0.25, -0.2) is 0 Å². The van der Waals surface area contributed by atoms with Crippen molar-refractivity contribution in [1.29, 1.82) is 0 Å². The van der Waals surface area contributed by atoms with Crippen LogP contribution in [0, 0.1) is 5.41 Å². The molecule has 5 nitrogen and oxygen atoms in total. The number of nitrogens with zero attached hydrogens (tertiary/aromatic N) is 1. The second-order valence-electron chi connectivity index (χ2n) is 15.0. The highest BCUT2D eigenvalue weighted by Crippen LogP contribution is 2.52. The summed E-state index contributed by atoms with van der Waals surface area (Å²) in [5.41, 5.74) is 5.28. The molecule has 2 aromatic rings. The Morgan fingerprint density at radius 1 is 1.02 bits per heavy atom. The first-order chi connectivity index (χ1) is 20.5. The number of ether oxygens (including phenoxy) is 2. The third kappa shape index (κ3) is 6.87. The second kappa shape index (κ2) is 12.3. The van der Waals surface area contributed by atoms with Gasteiger partial charge in [-0.05, 0) is 84.5 Å². The molecule has 9 heteroatoms. The van der Waals surface area contributed by atoms with Crippen molar-refractivity contribution in [3.05, 3.63) is 69.5 Å². The van der Waals surface area contributed by atoms with Crippen molar-refractivity contribution in [2.75, 3.05) is 26.4 Å². The maximum Gasteiger partial charge on any atom is 0.416 e. The Hall–Kier alpha value is -2.04. The Morgan fingerprint density at radius 2 is 1.68 bits per heavy atom. The van der Waals surface area contributed by atoms with E-state index in [1.54, 1.807) is 0 Å². The van der Waals surface area contributed by atoms with Crippen molar-refractivity contribution in [3.63, 3.8) is 0 Å². The predicted molar refractivity (Wildman–Crippen MR) is 169 cm³/mol. The first-order valence-corrected chi connectivity index (χ1v) is 18.8. The van der Waals surface area contributed by atoms with Crippen molar-refractivity contribution in [1.82, 2.24) is 4.98 Å². The van der Waals surface area contributed by atoms with Crippen LogP contribution in [0.1, 0.15) is 118 Å². The van der Waals surface area contributed by atoms with Crippen LogP contribution in [-0.4, -0.2) is 44.8 Å². The molecule has 1 unspecified atom stereocenters. The van der Waals surface area contributed by atoms with Crippen LogP contribution in [0.25, 0.3) is 5.57 Å². The molecule has 1 fully saturated rings. The van der Waals surface area contributed by atoms with Crippen LogP contribution in [0.15, 0.2) is 30.3 Å². The zero-order chi connectivity index (χ0) is 32.1. The summed E-state index contributed by atoms with van der Waals surface area (Å²) in [5.74, 6) is 0.0668. The van der Waals surface area contributed by atoms with Crippen molar-refractivity contribution < 1.29 is 32.2 Å². The van der Waals surface area contributed by atoms with E-state index in [4.69, 9.17) is 18.9 Å². The van der Waals surface area contributed by atoms with Gasteiger partial charge < -0.3 is 19.0 Å². The van der Waals surface area contributed by atoms with E-state index in [-0.39, 0.29) is 22.5 Å². The number of hydrogen-bond donors (Lipinski definition) is 1. The number of aliphatic hydroxyl groups excluding tert-OH is 1. The van der Waals surface area contributed by atoms with Crippen molar-refractivity contribution in [3.8, 4) is 0 Å². The van der Waals surface area contributed by atoms with Crippen molar-refractivity contribution >= 4 is 13.9 Å². The molecular weight excluding hydrogens is 583 g/mol. The van der Waals surface area contributed by atoms with Crippen LogP contribution in [0.5, 0.6) is 0 Å². The topological polar surface area (TPSA) is 60.8 Å². The van der Waals surface area contributed by atoms with E-state index in [9.17, 15) is 18.3 Å². The lowest BCUT2D eigenvalue weighted by molar-refractivity contribution is -0.137. The molecule has 1 aromatic heterocycles. The fourth-order valence-corrected chi connectivity index (χ4v) is 7.87. The quantitative estimate of drug-likeness (QED) is 0.323. The minimum atomic E-state index is -4.46. The number of aromatic nitrogens is 1. The first-order valence-electron chi connectivity index (χ1n) is 15.9. The lowest BCUT2D eigenvalue weighted by Crippen LogP contribution is -2.44. The third-order valence-corrected chi connectivity index (χ3v) is 14.5. The molecule has 1 aliphatic carbocycles. The van der Waals surface area contributed by atoms with E-state index >= 15 is 0 Å². The van der Waals surface area contributed by atoms with E-state index in [1.165, 1.54) is 12.1 Å². The molecule has 2 aliphatic heterocycles. The van der Waals surface area contributed by atoms with Gasteiger partial charge in [0.2, 0.25) is 0 Å². The summed E-state index contributed by atoms with van der Waals surface area (Å²) < 4.78 is 59.0. The molecule has 0 spiro atoms. The van der Waals surface area contributed by atoms with Gasteiger partial charge in [-0.3, -0.25) is 4.98 Å². The van der Waals surface area contributed by atoms with Crippen molar-refractivity contribution in [2.45, 2.75) is 109 Å². The van der Waals surface area contributed by atoms with Gasteiger partial charge in [0.15, 0.2) is 8.32 Å². The summed E-state index contributed by atoms with van der Waals surface area (Å²) in [6, 6.07) is 4.90. The van der Waals surface area contributed by atoms with E-state index in [2.05, 4.69) is 53.8 Å². The number of aliphatic hydroxyl groups is 1. The number of benzene rings is 1. The molecule has 242 valence electrons. The molecule has 5 rings (SSSR count). The summed E-state index contributed by atoms with van der Waals surface area (Å²) in [6.07, 6.45) is 0.0783. The summed E-state index contributed by atoms with van der Waals surface area (Å²) >= 11 is 0. The molecule has 1 N–H and O–H groups in total. The Balaban J connectivity index is 1.78. The number of alkyl halides is 3. The number of fused-ring (bicyclic) bond motifs is 1. The summed E-state index contributed by atoms with van der Waals surface area (Å²) in [6.45, 7) is 18.0. The van der Waals surface area contributed by atoms with Crippen LogP contribution < -0.4 is 0 Å². The Kier molecular flexibility index (Phi) is 9.30. The van der Waals surface area contributed by atoms with Crippen LogP contribution in [0.4, 0.5) is 13.2 Å². The summed E-state index contributed by atoms with van der Waals surface area (Å²) in [5, 5.41) is 12.2. The molecule has 0 saturated carbocycles. The lowest BCUT2D eigenvalue weighted by Gasteiger charge is -2.45. The normalized spacial score (nSPS) is 22.3. The van der Waals surface area contributed by atoms with Gasteiger partial charge in [0, 0.05) is 36.0 Å². The fourth-order valence-electron chi connectivity index (χ4n) is 6.61. The molecule has 2 atom stereocenters. The number of rotatable bonds is 6. The van der Waals surface area contributed by atoms with Gasteiger partial charge in [0.1, 0.15) is 6.10 Å². The van der Waals surface area contributed by atoms with E-state index in [0.717, 1.165) is 65.9 Å². The van der Waals surface area contributed by atoms with Gasteiger partial charge in [-0.2, -0.15) is 13.2 Å². The minimum absolute atomic E-state index is 0.00903. The molecule has 44 heavy (non-hydrogen) atoms. The van der Waals surface area contributed by atoms with E-state index < -0.39 is 26.2 Å². The second-order valence-corrected chi connectivity index (χ2v) is 19.8. The predicted octanol–water partition coefficient (Wildman–Crippen LogP) is 8.92. The molecule has 0 amide bonds. The number of pyridine rings is 1.